The minimum absolute atomic E-state index is 0.0388. The lowest BCUT2D eigenvalue weighted by Gasteiger charge is -2.31. The normalized spacial score (nSPS) is 14.5. The molecule has 1 N–H and O–H groups in total. The van der Waals surface area contributed by atoms with E-state index in [0.29, 0.717) is 43.3 Å². The van der Waals surface area contributed by atoms with Gasteiger partial charge in [-0.2, -0.15) is 0 Å². The molecular formula is C27H30N2O5S. The number of rotatable bonds is 9. The molecule has 4 rings (SSSR count). The second-order valence-corrected chi connectivity index (χ2v) is 10.1. The zero-order valence-electron chi connectivity index (χ0n) is 19.7. The number of carbonyl (C=O) groups is 1. The molecule has 1 heterocycles. The van der Waals surface area contributed by atoms with Crippen molar-refractivity contribution >= 4 is 21.6 Å². The SMILES string of the molecule is CCOC1CCN(C(=O)c2cccc(S(=O)(=O)Nc3ccc(OCc4ccccc4)cc3)c2)CC1. The van der Waals surface area contributed by atoms with E-state index >= 15 is 0 Å². The molecule has 1 amide bonds. The van der Waals surface area contributed by atoms with Gasteiger partial charge in [-0.1, -0.05) is 36.4 Å². The van der Waals surface area contributed by atoms with Crippen molar-refractivity contribution < 1.29 is 22.7 Å². The van der Waals surface area contributed by atoms with Crippen molar-refractivity contribution in [2.75, 3.05) is 24.4 Å². The summed E-state index contributed by atoms with van der Waals surface area (Å²) in [5.41, 5.74) is 1.81. The van der Waals surface area contributed by atoms with Crippen LogP contribution in [0.1, 0.15) is 35.7 Å². The highest BCUT2D eigenvalue weighted by Crippen LogP contribution is 2.22. The Balaban J connectivity index is 1.38. The fraction of sp³-hybridized carbons (Fsp3) is 0.296. The van der Waals surface area contributed by atoms with E-state index in [2.05, 4.69) is 4.72 Å². The van der Waals surface area contributed by atoms with Gasteiger partial charge in [0.15, 0.2) is 0 Å². The van der Waals surface area contributed by atoms with Gasteiger partial charge in [-0.25, -0.2) is 8.42 Å². The summed E-state index contributed by atoms with van der Waals surface area (Å²) in [6, 6.07) is 22.7. The molecule has 35 heavy (non-hydrogen) atoms. The third-order valence-corrected chi connectivity index (χ3v) is 7.26. The summed E-state index contributed by atoms with van der Waals surface area (Å²) in [5, 5.41) is 0. The van der Waals surface area contributed by atoms with Crippen LogP contribution in [0.15, 0.2) is 83.8 Å². The molecule has 0 radical (unpaired) electrons. The lowest BCUT2D eigenvalue weighted by molar-refractivity contribution is 0.0146. The average Bonchev–Trinajstić information content (AvgIpc) is 2.89. The summed E-state index contributed by atoms with van der Waals surface area (Å²) in [4.78, 5) is 14.8. The molecule has 0 spiro atoms. The summed E-state index contributed by atoms with van der Waals surface area (Å²) in [6.07, 6.45) is 1.74. The molecule has 8 heteroatoms. The van der Waals surface area contributed by atoms with Crippen molar-refractivity contribution in [1.82, 2.24) is 4.90 Å². The highest BCUT2D eigenvalue weighted by molar-refractivity contribution is 7.92. The smallest absolute Gasteiger partial charge is 0.261 e. The van der Waals surface area contributed by atoms with Gasteiger partial charge < -0.3 is 14.4 Å². The van der Waals surface area contributed by atoms with Crippen LogP contribution in [0, 0.1) is 0 Å². The largest absolute Gasteiger partial charge is 0.489 e. The van der Waals surface area contributed by atoms with Gasteiger partial charge in [-0.15, -0.1) is 0 Å². The predicted molar refractivity (Wildman–Crippen MR) is 135 cm³/mol. The third kappa shape index (κ3) is 6.61. The maximum Gasteiger partial charge on any atom is 0.261 e. The second-order valence-electron chi connectivity index (χ2n) is 8.38. The number of likely N-dealkylation sites (tertiary alicyclic amines) is 1. The highest BCUT2D eigenvalue weighted by Gasteiger charge is 2.25. The maximum atomic E-state index is 13.0. The standard InChI is InChI=1S/C27H30N2O5S/c1-2-33-25-15-17-29(18-16-25)27(30)22-9-6-10-26(19-22)35(31,32)28-23-11-13-24(14-12-23)34-20-21-7-4-3-5-8-21/h3-14,19,25,28H,2,15-18,20H2,1H3. The molecule has 0 bridgehead atoms. The molecule has 3 aromatic rings. The number of amides is 1. The quantitative estimate of drug-likeness (QED) is 0.466. The summed E-state index contributed by atoms with van der Waals surface area (Å²) in [7, 11) is -3.87. The van der Waals surface area contributed by atoms with Crippen molar-refractivity contribution in [1.29, 1.82) is 0 Å². The number of ether oxygens (including phenoxy) is 2. The molecule has 1 saturated heterocycles. The van der Waals surface area contributed by atoms with Gasteiger partial charge in [0.05, 0.1) is 11.0 Å². The Morgan fingerprint density at radius 2 is 1.69 bits per heavy atom. The number of anilines is 1. The molecule has 0 saturated carbocycles. The number of sulfonamides is 1. The lowest BCUT2D eigenvalue weighted by atomic mass is 10.1. The summed E-state index contributed by atoms with van der Waals surface area (Å²) in [5.74, 6) is 0.467. The first kappa shape index (κ1) is 24.8. The molecule has 1 aliphatic heterocycles. The number of hydrogen-bond acceptors (Lipinski definition) is 5. The monoisotopic (exact) mass is 494 g/mol. The van der Waals surface area contributed by atoms with Crippen LogP contribution in [0.2, 0.25) is 0 Å². The van der Waals surface area contributed by atoms with Gasteiger partial charge in [0.1, 0.15) is 12.4 Å². The van der Waals surface area contributed by atoms with Gasteiger partial charge >= 0.3 is 0 Å². The Labute approximate surface area is 206 Å². The predicted octanol–water partition coefficient (Wildman–Crippen LogP) is 4.71. The molecule has 3 aromatic carbocycles. The van der Waals surface area contributed by atoms with Crippen LogP contribution in [0.5, 0.6) is 5.75 Å². The van der Waals surface area contributed by atoms with Crippen LogP contribution < -0.4 is 9.46 Å². The first-order chi connectivity index (χ1) is 16.9. The minimum Gasteiger partial charge on any atom is -0.489 e. The number of hydrogen-bond donors (Lipinski definition) is 1. The van der Waals surface area contributed by atoms with Crippen molar-refractivity contribution in [2.45, 2.75) is 37.4 Å². The molecule has 0 aromatic heterocycles. The Kier molecular flexibility index (Phi) is 8.05. The van der Waals surface area contributed by atoms with Gasteiger partial charge in [0.25, 0.3) is 15.9 Å². The van der Waals surface area contributed by atoms with Gasteiger partial charge in [-0.3, -0.25) is 9.52 Å². The van der Waals surface area contributed by atoms with Crippen LogP contribution in [-0.4, -0.2) is 45.0 Å². The number of benzene rings is 3. The van der Waals surface area contributed by atoms with Crippen LogP contribution in [0.25, 0.3) is 0 Å². The van der Waals surface area contributed by atoms with Gasteiger partial charge in [0, 0.05) is 30.9 Å². The summed E-state index contributed by atoms with van der Waals surface area (Å²) >= 11 is 0. The van der Waals surface area contributed by atoms with Gasteiger partial charge in [-0.05, 0) is 67.8 Å². The Hall–Kier alpha value is -3.36. The van der Waals surface area contributed by atoms with E-state index in [0.717, 1.165) is 18.4 Å². The van der Waals surface area contributed by atoms with Crippen molar-refractivity contribution in [3.63, 3.8) is 0 Å². The van der Waals surface area contributed by atoms with E-state index in [9.17, 15) is 13.2 Å². The zero-order chi connectivity index (χ0) is 24.7. The summed E-state index contributed by atoms with van der Waals surface area (Å²) < 4.78 is 39.9. The van der Waals surface area contributed by atoms with Crippen LogP contribution in [0.4, 0.5) is 5.69 Å². The zero-order valence-corrected chi connectivity index (χ0v) is 20.5. The highest BCUT2D eigenvalue weighted by atomic mass is 32.2. The first-order valence-electron chi connectivity index (χ1n) is 11.7. The molecule has 1 fully saturated rings. The number of nitrogens with one attached hydrogen (secondary N) is 1. The second kappa shape index (κ2) is 11.4. The fourth-order valence-corrected chi connectivity index (χ4v) is 5.12. The molecule has 7 nitrogen and oxygen atoms in total. The Morgan fingerprint density at radius 1 is 0.971 bits per heavy atom. The molecule has 1 aliphatic rings. The lowest BCUT2D eigenvalue weighted by Crippen LogP contribution is -2.40. The molecule has 0 aliphatic carbocycles. The third-order valence-electron chi connectivity index (χ3n) is 5.88. The van der Waals surface area contributed by atoms with Crippen molar-refractivity contribution in [3.8, 4) is 5.75 Å². The Morgan fingerprint density at radius 3 is 2.37 bits per heavy atom. The van der Waals surface area contributed by atoms with Crippen LogP contribution in [-0.2, 0) is 21.4 Å². The van der Waals surface area contributed by atoms with E-state index < -0.39 is 10.0 Å². The Bertz CT molecular complexity index is 1220. The molecule has 0 atom stereocenters. The maximum absolute atomic E-state index is 13.0. The van der Waals surface area contributed by atoms with E-state index in [1.54, 1.807) is 41.3 Å². The fourth-order valence-electron chi connectivity index (χ4n) is 4.01. The number of carbonyl (C=O) groups excluding carboxylic acids is 1. The number of nitrogens with zero attached hydrogens (tertiary/aromatic N) is 1. The molecule has 0 unspecified atom stereocenters. The average molecular weight is 495 g/mol. The van der Waals surface area contributed by atoms with E-state index in [1.807, 2.05) is 37.3 Å². The molecular weight excluding hydrogens is 464 g/mol. The van der Waals surface area contributed by atoms with Crippen molar-refractivity contribution in [2.24, 2.45) is 0 Å². The first-order valence-corrected chi connectivity index (χ1v) is 13.2. The molecule has 184 valence electrons. The van der Waals surface area contributed by atoms with Crippen molar-refractivity contribution in [3.05, 3.63) is 90.0 Å². The van der Waals surface area contributed by atoms with Crippen LogP contribution >= 0.6 is 0 Å². The minimum atomic E-state index is -3.87. The number of piperidine rings is 1. The van der Waals surface area contributed by atoms with E-state index in [1.165, 1.54) is 12.1 Å². The van der Waals surface area contributed by atoms with E-state index in [-0.39, 0.29) is 16.9 Å². The summed E-state index contributed by atoms with van der Waals surface area (Å²) in [6.45, 7) is 4.24. The van der Waals surface area contributed by atoms with Crippen LogP contribution in [0.3, 0.4) is 0 Å². The van der Waals surface area contributed by atoms with E-state index in [4.69, 9.17) is 9.47 Å². The topological polar surface area (TPSA) is 84.9 Å². The van der Waals surface area contributed by atoms with Gasteiger partial charge in [0.2, 0.25) is 0 Å².